The first kappa shape index (κ1) is 23.6. The van der Waals surface area contributed by atoms with Crippen LogP contribution in [0.3, 0.4) is 0 Å². The lowest BCUT2D eigenvalue weighted by molar-refractivity contribution is -0.151. The molecule has 1 saturated carbocycles. The summed E-state index contributed by atoms with van der Waals surface area (Å²) in [4.78, 5) is 61.1. The van der Waals surface area contributed by atoms with Gasteiger partial charge in [0.1, 0.15) is 12.1 Å². The van der Waals surface area contributed by atoms with E-state index in [-0.39, 0.29) is 5.92 Å². The lowest BCUT2D eigenvalue weighted by atomic mass is 9.73. The van der Waals surface area contributed by atoms with Crippen LogP contribution < -0.4 is 16.0 Å². The second-order valence-corrected chi connectivity index (χ2v) is 7.45. The summed E-state index contributed by atoms with van der Waals surface area (Å²) in [6.45, 7) is 3.88. The van der Waals surface area contributed by atoms with Gasteiger partial charge < -0.3 is 20.1 Å². The predicted octanol–water partition coefficient (Wildman–Crippen LogP) is 0.283. The van der Waals surface area contributed by atoms with E-state index in [1.54, 1.807) is 0 Å². The third-order valence-corrected chi connectivity index (χ3v) is 5.36. The van der Waals surface area contributed by atoms with Crippen molar-refractivity contribution in [3.05, 3.63) is 0 Å². The fraction of sp³-hybridized carbons (Fsp3) is 0.737. The Morgan fingerprint density at radius 2 is 2.03 bits per heavy atom. The molecule has 11 heteroatoms. The number of hydrogen-bond acceptors (Lipinski definition) is 7. The fourth-order valence-electron chi connectivity index (χ4n) is 3.69. The molecule has 1 aliphatic carbocycles. The van der Waals surface area contributed by atoms with Crippen molar-refractivity contribution in [3.8, 4) is 0 Å². The van der Waals surface area contributed by atoms with Gasteiger partial charge in [0.15, 0.2) is 6.61 Å². The van der Waals surface area contributed by atoms with Crippen LogP contribution in [0.15, 0.2) is 0 Å². The van der Waals surface area contributed by atoms with Gasteiger partial charge in [0, 0.05) is 19.8 Å². The molecular formula is C19H30N4O7. The van der Waals surface area contributed by atoms with Gasteiger partial charge in [-0.05, 0) is 32.1 Å². The number of esters is 1. The van der Waals surface area contributed by atoms with Crippen LogP contribution in [-0.4, -0.2) is 73.2 Å². The number of ether oxygens (including phenoxy) is 2. The van der Waals surface area contributed by atoms with Crippen molar-refractivity contribution in [1.29, 1.82) is 0 Å². The molecule has 0 aromatic carbocycles. The average molecular weight is 426 g/mol. The van der Waals surface area contributed by atoms with Crippen LogP contribution in [0.4, 0.5) is 9.59 Å². The summed E-state index contributed by atoms with van der Waals surface area (Å²) in [6, 6.07) is -1.35. The first-order valence-electron chi connectivity index (χ1n) is 10.2. The summed E-state index contributed by atoms with van der Waals surface area (Å²) in [7, 11) is 0. The average Bonchev–Trinajstić information content (AvgIpc) is 2.93. The van der Waals surface area contributed by atoms with Gasteiger partial charge in [-0.25, -0.2) is 9.59 Å². The van der Waals surface area contributed by atoms with Crippen LogP contribution in [0.1, 0.15) is 46.0 Å². The van der Waals surface area contributed by atoms with Gasteiger partial charge >= 0.3 is 18.0 Å². The summed E-state index contributed by atoms with van der Waals surface area (Å²) in [6.07, 6.45) is 3.76. The zero-order valence-electron chi connectivity index (χ0n) is 17.5. The topological polar surface area (TPSA) is 143 Å². The zero-order chi connectivity index (χ0) is 22.1. The highest BCUT2D eigenvalue weighted by atomic mass is 16.5. The molecule has 1 heterocycles. The molecule has 11 nitrogen and oxygen atoms in total. The highest BCUT2D eigenvalue weighted by Gasteiger charge is 2.55. The van der Waals surface area contributed by atoms with E-state index in [4.69, 9.17) is 9.47 Å². The first-order chi connectivity index (χ1) is 14.3. The Kier molecular flexibility index (Phi) is 8.58. The molecule has 0 radical (unpaired) electrons. The Hall–Kier alpha value is -2.69. The number of hydrogen-bond donors (Lipinski definition) is 3. The number of urea groups is 2. The molecule has 0 unspecified atom stereocenters. The third-order valence-electron chi connectivity index (χ3n) is 5.36. The Morgan fingerprint density at radius 1 is 1.27 bits per heavy atom. The normalized spacial score (nSPS) is 23.3. The number of nitrogens with one attached hydrogen (secondary N) is 3. The standard InChI is InChI=1S/C19H30N4O7/c1-3-29-10-6-9-20-17(27)21-14(24)12-30-15(25)11-23-16(26)19(22-18(23)28)8-5-4-7-13(19)2/h13H,3-12H2,1-2H3,(H,22,28)(H2,20,21,24,27)/t13-,19+/m0/s1. The van der Waals surface area contributed by atoms with Crippen molar-refractivity contribution >= 4 is 29.8 Å². The third kappa shape index (κ3) is 5.91. The van der Waals surface area contributed by atoms with Crippen LogP contribution in [0, 0.1) is 5.92 Å². The molecular weight excluding hydrogens is 396 g/mol. The van der Waals surface area contributed by atoms with E-state index in [0.717, 1.165) is 24.2 Å². The van der Waals surface area contributed by atoms with E-state index in [0.29, 0.717) is 32.6 Å². The minimum atomic E-state index is -0.965. The molecule has 2 atom stereocenters. The van der Waals surface area contributed by atoms with Crippen molar-refractivity contribution in [1.82, 2.24) is 20.9 Å². The summed E-state index contributed by atoms with van der Waals surface area (Å²) >= 11 is 0. The minimum absolute atomic E-state index is 0.0263. The number of imide groups is 2. The summed E-state index contributed by atoms with van der Waals surface area (Å²) in [5.41, 5.74) is -0.965. The van der Waals surface area contributed by atoms with Crippen molar-refractivity contribution in [2.75, 3.05) is 32.9 Å². The van der Waals surface area contributed by atoms with Crippen molar-refractivity contribution in [3.63, 3.8) is 0 Å². The van der Waals surface area contributed by atoms with Crippen molar-refractivity contribution in [2.45, 2.75) is 51.5 Å². The summed E-state index contributed by atoms with van der Waals surface area (Å²) < 4.78 is 9.92. The molecule has 1 saturated heterocycles. The van der Waals surface area contributed by atoms with Gasteiger partial charge in [-0.2, -0.15) is 0 Å². The lowest BCUT2D eigenvalue weighted by Crippen LogP contribution is -2.54. The van der Waals surface area contributed by atoms with Gasteiger partial charge in [0.25, 0.3) is 11.8 Å². The smallest absolute Gasteiger partial charge is 0.326 e. The second kappa shape index (κ2) is 10.9. The van der Waals surface area contributed by atoms with Crippen LogP contribution in [0.2, 0.25) is 0 Å². The molecule has 1 spiro atoms. The monoisotopic (exact) mass is 426 g/mol. The highest BCUT2D eigenvalue weighted by Crippen LogP contribution is 2.38. The molecule has 2 rings (SSSR count). The second-order valence-electron chi connectivity index (χ2n) is 7.45. The molecule has 2 fully saturated rings. The molecule has 2 aliphatic rings. The quantitative estimate of drug-likeness (QED) is 0.273. The Balaban J connectivity index is 1.72. The van der Waals surface area contributed by atoms with Crippen LogP contribution >= 0.6 is 0 Å². The van der Waals surface area contributed by atoms with E-state index < -0.39 is 48.5 Å². The van der Waals surface area contributed by atoms with E-state index >= 15 is 0 Å². The minimum Gasteiger partial charge on any atom is -0.454 e. The molecule has 168 valence electrons. The Bertz CT molecular complexity index is 684. The maximum atomic E-state index is 12.8. The molecule has 0 aromatic rings. The number of carbonyl (C=O) groups is 5. The molecule has 30 heavy (non-hydrogen) atoms. The van der Waals surface area contributed by atoms with Gasteiger partial charge in [0.05, 0.1) is 0 Å². The van der Waals surface area contributed by atoms with E-state index in [9.17, 15) is 24.0 Å². The highest BCUT2D eigenvalue weighted by molar-refractivity contribution is 6.09. The van der Waals surface area contributed by atoms with E-state index in [1.807, 2.05) is 19.2 Å². The van der Waals surface area contributed by atoms with Gasteiger partial charge in [-0.1, -0.05) is 19.8 Å². The van der Waals surface area contributed by atoms with E-state index in [1.165, 1.54) is 0 Å². The number of rotatable bonds is 9. The maximum absolute atomic E-state index is 12.8. The number of nitrogens with zero attached hydrogens (tertiary/aromatic N) is 1. The molecule has 3 N–H and O–H groups in total. The number of amides is 6. The van der Waals surface area contributed by atoms with Crippen molar-refractivity contribution in [2.24, 2.45) is 5.92 Å². The van der Waals surface area contributed by atoms with Crippen molar-refractivity contribution < 1.29 is 33.4 Å². The molecule has 6 amide bonds. The van der Waals surface area contributed by atoms with Gasteiger partial charge in [-0.3, -0.25) is 24.6 Å². The SMILES string of the molecule is CCOCCCNC(=O)NC(=O)COC(=O)CN1C(=O)N[C@@]2(CCCC[C@@H]2C)C1=O. The summed E-state index contributed by atoms with van der Waals surface area (Å²) in [5, 5.41) is 7.23. The predicted molar refractivity (Wildman–Crippen MR) is 104 cm³/mol. The molecule has 0 bridgehead atoms. The van der Waals surface area contributed by atoms with Gasteiger partial charge in [-0.15, -0.1) is 0 Å². The van der Waals surface area contributed by atoms with Crippen LogP contribution in [0.5, 0.6) is 0 Å². The number of carbonyl (C=O) groups excluding carboxylic acids is 5. The largest absolute Gasteiger partial charge is 0.454 e. The lowest BCUT2D eigenvalue weighted by Gasteiger charge is -2.36. The fourth-order valence-corrected chi connectivity index (χ4v) is 3.69. The molecule has 0 aromatic heterocycles. The molecule has 1 aliphatic heterocycles. The van der Waals surface area contributed by atoms with E-state index in [2.05, 4.69) is 10.6 Å². The van der Waals surface area contributed by atoms with Crippen LogP contribution in [0.25, 0.3) is 0 Å². The first-order valence-corrected chi connectivity index (χ1v) is 10.2. The Labute approximate surface area is 175 Å². The Morgan fingerprint density at radius 3 is 2.73 bits per heavy atom. The maximum Gasteiger partial charge on any atom is 0.326 e. The summed E-state index contributed by atoms with van der Waals surface area (Å²) in [5.74, 6) is -2.19. The van der Waals surface area contributed by atoms with Gasteiger partial charge in [0.2, 0.25) is 0 Å². The van der Waals surface area contributed by atoms with Crippen LogP contribution in [-0.2, 0) is 23.9 Å². The zero-order valence-corrected chi connectivity index (χ0v) is 17.5.